The van der Waals surface area contributed by atoms with Gasteiger partial charge in [0.25, 0.3) is 17.6 Å². The van der Waals surface area contributed by atoms with Crippen LogP contribution >= 0.6 is 23.2 Å². The molecule has 6 N–H and O–H groups in total. The van der Waals surface area contributed by atoms with Gasteiger partial charge < -0.3 is 105 Å². The van der Waals surface area contributed by atoms with Crippen molar-refractivity contribution in [3.05, 3.63) is 250 Å². The number of Topliss-reactive ketones (excluding diaryl/α,β-unsaturated/α-hetero) is 1. The van der Waals surface area contributed by atoms with Gasteiger partial charge in [0.05, 0.1) is 100 Å². The molecule has 2 unspecified atom stereocenters. The van der Waals surface area contributed by atoms with E-state index in [2.05, 4.69) is 135 Å². The van der Waals surface area contributed by atoms with Gasteiger partial charge in [0, 0.05) is 118 Å². The summed E-state index contributed by atoms with van der Waals surface area (Å²) in [4.78, 5) is 55.6. The van der Waals surface area contributed by atoms with Gasteiger partial charge in [-0.1, -0.05) is 117 Å². The molecule has 0 aliphatic carbocycles. The molecule has 706 valence electrons. The molecule has 131 heavy (non-hydrogen) atoms. The van der Waals surface area contributed by atoms with Crippen LogP contribution in [0.15, 0.2) is 194 Å². The number of nitrogens with one attached hydrogen (secondary N) is 3. The number of aromatic hydroxyl groups is 1. The van der Waals surface area contributed by atoms with Gasteiger partial charge in [0.1, 0.15) is 64.6 Å². The number of hydrogen-bond donors (Lipinski definition) is 6. The minimum Gasteiger partial charge on any atom is -1.00 e. The van der Waals surface area contributed by atoms with Gasteiger partial charge in [-0.2, -0.15) is 18.2 Å². The molecular weight excluding hydrogens is 1790 g/mol. The molecule has 9 aromatic carbocycles. The van der Waals surface area contributed by atoms with Crippen molar-refractivity contribution in [2.24, 2.45) is 0 Å². The van der Waals surface area contributed by atoms with E-state index in [4.69, 9.17) is 90.3 Å². The summed E-state index contributed by atoms with van der Waals surface area (Å²) in [7, 11) is 9.54. The number of aliphatic hydroxyl groups excluding tert-OH is 1. The number of phenolic OH excluding ortho intramolecular Hbond substituents is 1. The zero-order valence-corrected chi connectivity index (χ0v) is 83.0. The van der Waals surface area contributed by atoms with Gasteiger partial charge in [-0.05, 0) is 172 Å². The molecule has 25 nitrogen and oxygen atoms in total. The van der Waals surface area contributed by atoms with E-state index >= 15 is 0 Å². The van der Waals surface area contributed by atoms with Gasteiger partial charge in [0.15, 0.2) is 5.60 Å². The fourth-order valence-corrected chi connectivity index (χ4v) is 14.4. The summed E-state index contributed by atoms with van der Waals surface area (Å²) in [5.41, 5.74) is 6.79. The van der Waals surface area contributed by atoms with Crippen molar-refractivity contribution < 1.29 is 108 Å². The van der Waals surface area contributed by atoms with Gasteiger partial charge in [-0.3, -0.25) is 33.9 Å². The van der Waals surface area contributed by atoms with Crippen LogP contribution in [0.4, 0.5) is 17.1 Å². The van der Waals surface area contributed by atoms with E-state index in [1.54, 1.807) is 108 Å². The van der Waals surface area contributed by atoms with Crippen molar-refractivity contribution in [2.75, 3.05) is 202 Å². The molecule has 7 aliphatic rings. The molecule has 3 amide bonds. The number of ketones is 1. The Kier molecular flexibility index (Phi) is 46.7. The number of rotatable bonds is 20. The van der Waals surface area contributed by atoms with E-state index in [-0.39, 0.29) is 68.8 Å². The average molecular weight is 1920 g/mol. The number of anilines is 3. The number of ether oxygens (including phenoxy) is 12. The second kappa shape index (κ2) is 55.4. The maximum absolute atomic E-state index is 14.3. The largest absolute Gasteiger partial charge is 2.00 e. The first-order valence-electron chi connectivity index (χ1n) is 43.5. The Bertz CT molecular complexity index is 4900. The van der Waals surface area contributed by atoms with Gasteiger partial charge in [0.2, 0.25) is 5.91 Å². The summed E-state index contributed by atoms with van der Waals surface area (Å²) in [5, 5.41) is 36.8. The average Bonchev–Trinajstić information content (AvgIpc) is 1.60. The Morgan fingerprint density at radius 1 is 0.412 bits per heavy atom. The van der Waals surface area contributed by atoms with E-state index in [9.17, 15) is 24.3 Å². The van der Waals surface area contributed by atoms with Gasteiger partial charge >= 0.3 is 23.1 Å². The molecule has 16 rings (SSSR count). The van der Waals surface area contributed by atoms with Crippen molar-refractivity contribution in [3.63, 3.8) is 0 Å². The minimum absolute atomic E-state index is 0. The van der Waals surface area contributed by atoms with Crippen molar-refractivity contribution in [3.8, 4) is 51.7 Å². The number of carbonyl (C=O) groups is 4. The molecule has 0 saturated carbocycles. The fourth-order valence-electron chi connectivity index (χ4n) is 14.4. The first-order chi connectivity index (χ1) is 61.9. The Hall–Kier alpha value is -9.27. The molecule has 0 bridgehead atoms. The SMILES string of the molecule is C1CCOC1.CC(C)(C)c1ccc(O)cc1.CC(C)(C)c1ccc(OCCN2CCOCC2)cc1.COc1cc[c-]cc1.COc1ccc(C2(O)C(=O)Nc3ccc(OC)cc32)cc1.COc1ccc(C2(c3cc(C(C)(C)C)ccc3OCCN3CCOCC3)C(=O)Nc3ccc(OC)cc32)cc1.COc1ccc2c(c1)C(=O)C(=O)N2.ClCCCl.OCCN1CCOCC1.[Br-].[Mg+2]. The van der Waals surface area contributed by atoms with Gasteiger partial charge in [-0.25, -0.2) is 0 Å². The van der Waals surface area contributed by atoms with Crippen LogP contribution in [0.25, 0.3) is 0 Å². The zero-order valence-electron chi connectivity index (χ0n) is 78.5. The Balaban J connectivity index is 0.000000246. The number of benzene rings is 9. The van der Waals surface area contributed by atoms with Gasteiger partial charge in [-0.15, -0.1) is 35.3 Å². The first kappa shape index (κ1) is 110. The number of nitrogens with zero attached hydrogens (tertiary/aromatic N) is 3. The third-order valence-electron chi connectivity index (χ3n) is 22.0. The monoisotopic (exact) mass is 1920 g/mol. The number of amides is 3. The number of phenols is 1. The van der Waals surface area contributed by atoms with Crippen LogP contribution in [0.5, 0.6) is 51.7 Å². The standard InChI is InChI=1S/C32H38N2O5.C16H15NO4.C16H25NO2.C10H14O.C9H7NO3.C7H7O.C6H13NO2.C4H8O.C2H4Cl2.BrH.Mg/c1-31(2,3)23-8-13-29(39-19-16-34-14-17-38-18-15-34)27(20-23)32(22-6-9-24(36-4)10-7-22)26-21-25(37-5)11-12-28(26)33-30(32)35;1-20-11-5-3-10(4-6-11)16(19)13-9-12(21-2)7-8-14(13)17-15(16)18;1-16(2,3)14-4-6-15(7-5-14)19-13-10-17-8-11-18-12-9-17;1-10(2,3)8-4-6-9(11)7-5-8;1-13-5-2-3-7-6(4-5)8(11)9(12)10-7;1-8-7-5-3-2-4-6-7;8-4-1-7-2-5-9-6-3-7;1-2-4-5-3-1;3-1-2-4;;/h6-13,20-21H,14-19H2,1-5H3,(H,33,35);3-9,19H,1-2H3,(H,17,18);4-7H,8-13H2,1-3H3;4-7,11H,1-3H3;2-4H,1H3,(H,10,11,12);3-6H,1H3;8H,1-6H2;1-4H2;1-2H2;1H;/q;;;;;-1;;;;;+2/p-1. The minimum atomic E-state index is -1.73. The maximum atomic E-state index is 14.3. The molecule has 29 heteroatoms. The summed E-state index contributed by atoms with van der Waals surface area (Å²) < 4.78 is 64.3. The Morgan fingerprint density at radius 2 is 0.794 bits per heavy atom. The van der Waals surface area contributed by atoms with Crippen molar-refractivity contribution in [1.82, 2.24) is 14.7 Å². The second-order valence-corrected chi connectivity index (χ2v) is 34.6. The van der Waals surface area contributed by atoms with E-state index in [1.807, 2.05) is 84.9 Å². The smallest absolute Gasteiger partial charge is 1.00 e. The number of fused-ring (bicyclic) bond motifs is 3. The molecular formula is C102H131BrCl2MgN6O19. The predicted octanol–water partition coefficient (Wildman–Crippen LogP) is 12.8. The van der Waals surface area contributed by atoms with Crippen LogP contribution in [-0.4, -0.2) is 263 Å². The summed E-state index contributed by atoms with van der Waals surface area (Å²) in [6, 6.07) is 62.5. The van der Waals surface area contributed by atoms with E-state index < -0.39 is 28.6 Å². The number of methoxy groups -OCH3 is 6. The Morgan fingerprint density at radius 3 is 1.23 bits per heavy atom. The number of halogens is 3. The van der Waals surface area contributed by atoms with E-state index in [0.29, 0.717) is 80.9 Å². The summed E-state index contributed by atoms with van der Waals surface area (Å²) in [6.45, 7) is 36.3. The normalized spacial score (nSPS) is 17.0. The molecule has 4 saturated heterocycles. The number of hydrogen-bond acceptors (Lipinski definition) is 22. The molecule has 0 spiro atoms. The second-order valence-electron chi connectivity index (χ2n) is 33.8. The summed E-state index contributed by atoms with van der Waals surface area (Å²) in [5.74, 6) is 5.51. The number of morpholine rings is 3. The molecule has 2 atom stereocenters. The maximum Gasteiger partial charge on any atom is 2.00 e. The van der Waals surface area contributed by atoms with Crippen LogP contribution in [0.1, 0.15) is 130 Å². The van der Waals surface area contributed by atoms with Crippen LogP contribution in [0.2, 0.25) is 0 Å². The van der Waals surface area contributed by atoms with Crippen molar-refractivity contribution >= 4 is 86.8 Å². The third kappa shape index (κ3) is 32.8. The van der Waals surface area contributed by atoms with E-state index in [1.165, 1.54) is 31.1 Å². The summed E-state index contributed by atoms with van der Waals surface area (Å²) >= 11 is 10.1. The molecule has 7 aliphatic heterocycles. The summed E-state index contributed by atoms with van der Waals surface area (Å²) in [6.07, 6.45) is 2.56. The molecule has 0 aromatic heterocycles. The number of alkyl halides is 2. The van der Waals surface area contributed by atoms with Crippen LogP contribution in [0.3, 0.4) is 0 Å². The quantitative estimate of drug-likeness (QED) is 0.0179. The molecule has 7 heterocycles. The Labute approximate surface area is 810 Å². The fraction of sp³-hybridized carbons (Fsp3) is 0.431. The van der Waals surface area contributed by atoms with E-state index in [0.717, 1.165) is 164 Å². The first-order valence-corrected chi connectivity index (χ1v) is 44.6. The van der Waals surface area contributed by atoms with Crippen LogP contribution in [-0.2, 0) is 60.6 Å². The van der Waals surface area contributed by atoms with Crippen molar-refractivity contribution in [1.29, 1.82) is 0 Å². The molecule has 4 fully saturated rings. The predicted molar refractivity (Wildman–Crippen MR) is 514 cm³/mol. The molecule has 0 radical (unpaired) electrons. The number of aliphatic hydroxyl groups is 2. The molecule has 9 aromatic rings. The van der Waals surface area contributed by atoms with Crippen LogP contribution < -0.4 is 70.8 Å². The number of β-amino-alcohol motifs (C(OH)–C–C–N with tert-alkyl or cyclic N) is 1. The topological polar surface area (TPSA) is 286 Å². The number of carbonyl (C=O) groups excluding carboxylic acids is 4. The zero-order chi connectivity index (χ0) is 93.6. The van der Waals surface area contributed by atoms with Crippen molar-refractivity contribution in [2.45, 2.75) is 102 Å². The van der Waals surface area contributed by atoms with Crippen LogP contribution in [0, 0.1) is 6.07 Å². The third-order valence-corrected chi connectivity index (χ3v) is 22.5.